The van der Waals surface area contributed by atoms with Crippen molar-refractivity contribution in [3.05, 3.63) is 47.5 Å². The molecule has 1 aromatic rings. The number of hydrogen-bond donors (Lipinski definition) is 0. The summed E-state index contributed by atoms with van der Waals surface area (Å²) in [5.74, 6) is 1.33. The molecule has 0 bridgehead atoms. The van der Waals surface area contributed by atoms with Crippen LogP contribution in [-0.4, -0.2) is 13.2 Å². The van der Waals surface area contributed by atoms with Gasteiger partial charge < -0.3 is 4.74 Å². The smallest absolute Gasteiger partial charge is 0.0991 e. The van der Waals surface area contributed by atoms with Gasteiger partial charge in [0.1, 0.15) is 0 Å². The first-order chi connectivity index (χ1) is 10.3. The van der Waals surface area contributed by atoms with E-state index in [0.29, 0.717) is 17.9 Å². The fraction of sp³-hybridized carbons (Fsp3) is 0.526. The van der Waals surface area contributed by atoms with Crippen LogP contribution in [0.4, 0.5) is 0 Å². The second-order valence-electron chi connectivity index (χ2n) is 5.92. The Morgan fingerprint density at radius 3 is 2.43 bits per heavy atom. The lowest BCUT2D eigenvalue weighted by atomic mass is 9.76. The van der Waals surface area contributed by atoms with Crippen LogP contribution in [0.2, 0.25) is 0 Å². The Morgan fingerprint density at radius 1 is 1.24 bits per heavy atom. The minimum atomic E-state index is 0.364. The van der Waals surface area contributed by atoms with E-state index in [9.17, 15) is 0 Å². The molecule has 0 aromatic heterocycles. The molecule has 2 heteroatoms. The molecule has 0 aliphatic heterocycles. The van der Waals surface area contributed by atoms with Crippen LogP contribution in [-0.2, 0) is 4.74 Å². The Hall–Kier alpha value is -1.59. The second-order valence-corrected chi connectivity index (χ2v) is 5.92. The Kier molecular flexibility index (Phi) is 6.02. The van der Waals surface area contributed by atoms with E-state index < -0.39 is 0 Å². The van der Waals surface area contributed by atoms with Gasteiger partial charge in [-0.25, -0.2) is 0 Å². The van der Waals surface area contributed by atoms with Gasteiger partial charge >= 0.3 is 0 Å². The number of rotatable bonds is 5. The highest BCUT2D eigenvalue weighted by atomic mass is 16.5. The lowest BCUT2D eigenvalue weighted by Crippen LogP contribution is -2.26. The van der Waals surface area contributed by atoms with Crippen molar-refractivity contribution in [1.82, 2.24) is 0 Å². The van der Waals surface area contributed by atoms with Gasteiger partial charge in [-0.05, 0) is 68.6 Å². The van der Waals surface area contributed by atoms with Crippen LogP contribution in [0, 0.1) is 17.2 Å². The van der Waals surface area contributed by atoms with Gasteiger partial charge in [0.2, 0.25) is 0 Å². The van der Waals surface area contributed by atoms with E-state index in [2.05, 4.69) is 37.3 Å². The highest BCUT2D eigenvalue weighted by Crippen LogP contribution is 2.38. The number of allylic oxidation sites excluding steroid dienone is 1. The highest BCUT2D eigenvalue weighted by molar-refractivity contribution is 5.33. The average molecular weight is 283 g/mol. The van der Waals surface area contributed by atoms with Crippen LogP contribution >= 0.6 is 0 Å². The summed E-state index contributed by atoms with van der Waals surface area (Å²) < 4.78 is 5.68. The first-order valence-electron chi connectivity index (χ1n) is 7.92. The van der Waals surface area contributed by atoms with E-state index in [1.807, 2.05) is 19.2 Å². The second kappa shape index (κ2) is 8.00. The van der Waals surface area contributed by atoms with Crippen molar-refractivity contribution in [2.45, 2.75) is 51.0 Å². The Labute approximate surface area is 128 Å². The van der Waals surface area contributed by atoms with Crippen LogP contribution in [0.25, 0.3) is 0 Å². The third-order valence-electron chi connectivity index (χ3n) is 4.72. The first-order valence-corrected chi connectivity index (χ1v) is 7.92. The summed E-state index contributed by atoms with van der Waals surface area (Å²) >= 11 is 0. The number of hydrogen-bond acceptors (Lipinski definition) is 2. The third kappa shape index (κ3) is 4.19. The molecule has 2 nitrogen and oxygen atoms in total. The lowest BCUT2D eigenvalue weighted by Gasteiger charge is -2.33. The maximum absolute atomic E-state index is 8.86. The molecule has 0 amide bonds. The molecule has 0 heterocycles. The van der Waals surface area contributed by atoms with Gasteiger partial charge in [0, 0.05) is 7.11 Å². The summed E-state index contributed by atoms with van der Waals surface area (Å²) in [6.07, 6.45) is 10.6. The van der Waals surface area contributed by atoms with Crippen molar-refractivity contribution in [2.24, 2.45) is 5.92 Å². The number of benzene rings is 1. The Balaban J connectivity index is 1.91. The SMILES string of the molecule is CC=CCC(OC)C1CCC(c2ccc(C#N)cc2)CC1. The standard InChI is InChI=1S/C19H25NO/c1-3-4-5-19(21-2)18-12-10-17(11-13-18)16-8-6-15(14-20)7-9-16/h3-4,6-9,17-19H,5,10-13H2,1-2H3. The van der Waals surface area contributed by atoms with Crippen molar-refractivity contribution in [3.63, 3.8) is 0 Å². The molecule has 0 saturated heterocycles. The molecule has 2 rings (SSSR count). The Bertz CT molecular complexity index is 489. The van der Waals surface area contributed by atoms with Gasteiger partial charge in [0.25, 0.3) is 0 Å². The van der Waals surface area contributed by atoms with Crippen LogP contribution in [0.1, 0.15) is 56.1 Å². The zero-order valence-corrected chi connectivity index (χ0v) is 13.1. The van der Waals surface area contributed by atoms with Crippen LogP contribution in [0.15, 0.2) is 36.4 Å². The summed E-state index contributed by atoms with van der Waals surface area (Å²) in [6.45, 7) is 2.06. The third-order valence-corrected chi connectivity index (χ3v) is 4.72. The zero-order valence-electron chi connectivity index (χ0n) is 13.1. The van der Waals surface area contributed by atoms with Crippen LogP contribution in [0.3, 0.4) is 0 Å². The van der Waals surface area contributed by atoms with Gasteiger partial charge in [-0.1, -0.05) is 24.3 Å². The minimum absolute atomic E-state index is 0.364. The van der Waals surface area contributed by atoms with E-state index in [0.717, 1.165) is 12.0 Å². The van der Waals surface area contributed by atoms with E-state index in [-0.39, 0.29) is 0 Å². The van der Waals surface area contributed by atoms with Gasteiger partial charge in [0.15, 0.2) is 0 Å². The van der Waals surface area contributed by atoms with Crippen molar-refractivity contribution >= 4 is 0 Å². The van der Waals surface area contributed by atoms with Gasteiger partial charge in [-0.2, -0.15) is 5.26 Å². The lowest BCUT2D eigenvalue weighted by molar-refractivity contribution is 0.0364. The van der Waals surface area contributed by atoms with Crippen molar-refractivity contribution in [3.8, 4) is 6.07 Å². The molecule has 0 radical (unpaired) electrons. The summed E-state index contributed by atoms with van der Waals surface area (Å²) in [5, 5.41) is 8.86. The molecule has 1 unspecified atom stereocenters. The molecular formula is C19H25NO. The quantitative estimate of drug-likeness (QED) is 0.726. The van der Waals surface area contributed by atoms with Gasteiger partial charge in [0.05, 0.1) is 17.7 Å². The molecule has 1 atom stereocenters. The molecule has 0 spiro atoms. The number of ether oxygens (including phenoxy) is 1. The highest BCUT2D eigenvalue weighted by Gasteiger charge is 2.27. The number of nitriles is 1. The van der Waals surface area contributed by atoms with Crippen LogP contribution < -0.4 is 0 Å². The topological polar surface area (TPSA) is 33.0 Å². The number of methoxy groups -OCH3 is 1. The normalized spacial score (nSPS) is 23.9. The first kappa shape index (κ1) is 15.8. The molecule has 21 heavy (non-hydrogen) atoms. The molecule has 1 aliphatic carbocycles. The largest absolute Gasteiger partial charge is 0.381 e. The molecule has 1 saturated carbocycles. The summed E-state index contributed by atoms with van der Waals surface area (Å²) in [5.41, 5.74) is 2.13. The minimum Gasteiger partial charge on any atom is -0.381 e. The fourth-order valence-electron chi connectivity index (χ4n) is 3.41. The zero-order chi connectivity index (χ0) is 15.1. The van der Waals surface area contributed by atoms with Crippen molar-refractivity contribution in [2.75, 3.05) is 7.11 Å². The molecule has 0 N–H and O–H groups in total. The maximum atomic E-state index is 8.86. The molecule has 112 valence electrons. The Morgan fingerprint density at radius 2 is 1.90 bits per heavy atom. The molecular weight excluding hydrogens is 258 g/mol. The molecule has 1 aromatic carbocycles. The van der Waals surface area contributed by atoms with E-state index in [4.69, 9.17) is 10.00 Å². The van der Waals surface area contributed by atoms with Gasteiger partial charge in [-0.3, -0.25) is 0 Å². The predicted molar refractivity (Wildman–Crippen MR) is 86.1 cm³/mol. The fourth-order valence-corrected chi connectivity index (χ4v) is 3.41. The van der Waals surface area contributed by atoms with E-state index >= 15 is 0 Å². The maximum Gasteiger partial charge on any atom is 0.0991 e. The predicted octanol–water partition coefficient (Wildman–Crippen LogP) is 4.81. The summed E-state index contributed by atoms with van der Waals surface area (Å²) in [6, 6.07) is 10.3. The summed E-state index contributed by atoms with van der Waals surface area (Å²) in [7, 11) is 1.83. The number of nitrogens with zero attached hydrogens (tertiary/aromatic N) is 1. The molecule has 1 aliphatic rings. The summed E-state index contributed by atoms with van der Waals surface area (Å²) in [4.78, 5) is 0. The van der Waals surface area contributed by atoms with E-state index in [1.54, 1.807) is 0 Å². The monoisotopic (exact) mass is 283 g/mol. The van der Waals surface area contributed by atoms with E-state index in [1.165, 1.54) is 31.2 Å². The van der Waals surface area contributed by atoms with Gasteiger partial charge in [-0.15, -0.1) is 0 Å². The molecule has 1 fully saturated rings. The van der Waals surface area contributed by atoms with Crippen molar-refractivity contribution < 1.29 is 4.74 Å². The average Bonchev–Trinajstić information content (AvgIpc) is 2.56. The van der Waals surface area contributed by atoms with Crippen LogP contribution in [0.5, 0.6) is 0 Å². The van der Waals surface area contributed by atoms with Crippen molar-refractivity contribution in [1.29, 1.82) is 5.26 Å².